The van der Waals surface area contributed by atoms with Gasteiger partial charge in [0.15, 0.2) is 0 Å². The molecule has 0 aliphatic heterocycles. The van der Waals surface area contributed by atoms with Gasteiger partial charge in [0.2, 0.25) is 10.0 Å². The summed E-state index contributed by atoms with van der Waals surface area (Å²) in [5, 5.41) is 0. The third-order valence-corrected chi connectivity index (χ3v) is 5.53. The van der Waals surface area contributed by atoms with Gasteiger partial charge in [-0.2, -0.15) is 4.31 Å². The zero-order valence-electron chi connectivity index (χ0n) is 13.4. The van der Waals surface area contributed by atoms with Gasteiger partial charge in [0, 0.05) is 7.05 Å². The number of hydrogen-bond donors (Lipinski definition) is 1. The first-order valence-electron chi connectivity index (χ1n) is 7.62. The smallest absolute Gasteiger partial charge is 0.218 e. The topological polar surface area (TPSA) is 66.1 Å². The molecule has 2 aromatic carbocycles. The van der Waals surface area contributed by atoms with Crippen molar-refractivity contribution in [2.45, 2.75) is 12.3 Å². The molecular weight excluding hydrogens is 322 g/mol. The fourth-order valence-corrected chi connectivity index (χ4v) is 3.56. The Bertz CT molecular complexity index is 890. The van der Waals surface area contributed by atoms with Crippen molar-refractivity contribution >= 4 is 10.0 Å². The van der Waals surface area contributed by atoms with Crippen molar-refractivity contribution in [3.05, 3.63) is 78.2 Å². The Morgan fingerprint density at radius 2 is 1.62 bits per heavy atom. The molecular formula is C18H19N3O2S. The number of benzene rings is 2. The van der Waals surface area contributed by atoms with Gasteiger partial charge < -0.3 is 4.98 Å². The highest BCUT2D eigenvalue weighted by molar-refractivity contribution is 7.88. The maximum absolute atomic E-state index is 12.5. The molecule has 5 nitrogen and oxygen atoms in total. The van der Waals surface area contributed by atoms with Crippen LogP contribution in [0.15, 0.2) is 66.9 Å². The zero-order valence-corrected chi connectivity index (χ0v) is 14.2. The predicted octanol–water partition coefficient (Wildman–Crippen LogP) is 3.04. The van der Waals surface area contributed by atoms with Crippen molar-refractivity contribution in [3.8, 4) is 11.3 Å². The van der Waals surface area contributed by atoms with E-state index in [1.54, 1.807) is 13.2 Å². The van der Waals surface area contributed by atoms with Crippen LogP contribution >= 0.6 is 0 Å². The predicted molar refractivity (Wildman–Crippen MR) is 94.6 cm³/mol. The molecule has 3 aromatic rings. The Hall–Kier alpha value is -2.44. The summed E-state index contributed by atoms with van der Waals surface area (Å²) in [4.78, 5) is 7.47. The first-order valence-corrected chi connectivity index (χ1v) is 9.23. The highest BCUT2D eigenvalue weighted by Crippen LogP contribution is 2.17. The average Bonchev–Trinajstić information content (AvgIpc) is 3.05. The van der Waals surface area contributed by atoms with Crippen LogP contribution in [0.5, 0.6) is 0 Å². The summed E-state index contributed by atoms with van der Waals surface area (Å²) in [5.41, 5.74) is 2.67. The minimum atomic E-state index is -3.39. The number of imidazole rings is 1. The third-order valence-electron chi connectivity index (χ3n) is 3.75. The van der Waals surface area contributed by atoms with E-state index >= 15 is 0 Å². The molecule has 1 N–H and O–H groups in total. The fraction of sp³-hybridized carbons (Fsp3) is 0.167. The van der Waals surface area contributed by atoms with E-state index < -0.39 is 10.0 Å². The number of aromatic nitrogens is 2. The summed E-state index contributed by atoms with van der Waals surface area (Å²) in [7, 11) is -1.82. The van der Waals surface area contributed by atoms with E-state index in [1.807, 2.05) is 60.7 Å². The molecule has 0 aliphatic carbocycles. The summed E-state index contributed by atoms with van der Waals surface area (Å²) >= 11 is 0. The van der Waals surface area contributed by atoms with Crippen LogP contribution in [0, 0.1) is 0 Å². The maximum Gasteiger partial charge on any atom is 0.218 e. The van der Waals surface area contributed by atoms with Gasteiger partial charge in [-0.15, -0.1) is 0 Å². The van der Waals surface area contributed by atoms with E-state index in [9.17, 15) is 8.42 Å². The summed E-state index contributed by atoms with van der Waals surface area (Å²) < 4.78 is 26.3. The quantitative estimate of drug-likeness (QED) is 0.749. The second-order valence-corrected chi connectivity index (χ2v) is 7.68. The number of nitrogens with zero attached hydrogens (tertiary/aromatic N) is 2. The second-order valence-electron chi connectivity index (χ2n) is 5.61. The molecule has 0 aliphatic rings. The van der Waals surface area contributed by atoms with Gasteiger partial charge in [0.05, 0.1) is 24.2 Å². The molecule has 0 fully saturated rings. The highest BCUT2D eigenvalue weighted by atomic mass is 32.2. The van der Waals surface area contributed by atoms with Crippen molar-refractivity contribution in [2.75, 3.05) is 7.05 Å². The van der Waals surface area contributed by atoms with Crippen molar-refractivity contribution in [1.29, 1.82) is 0 Å². The van der Waals surface area contributed by atoms with Crippen LogP contribution in [-0.4, -0.2) is 29.7 Å². The first-order chi connectivity index (χ1) is 11.5. The number of sulfonamides is 1. The molecule has 0 radical (unpaired) electrons. The molecule has 3 rings (SSSR count). The SMILES string of the molecule is CN(Cc1ncc(-c2ccccc2)[nH]1)S(=O)(=O)Cc1ccccc1. The van der Waals surface area contributed by atoms with Crippen LogP contribution in [0.3, 0.4) is 0 Å². The Morgan fingerprint density at radius 1 is 1.00 bits per heavy atom. The average molecular weight is 341 g/mol. The van der Waals surface area contributed by atoms with Crippen LogP contribution in [0.4, 0.5) is 0 Å². The molecule has 24 heavy (non-hydrogen) atoms. The van der Waals surface area contributed by atoms with Gasteiger partial charge >= 0.3 is 0 Å². The maximum atomic E-state index is 12.5. The fourth-order valence-electron chi connectivity index (χ4n) is 2.41. The van der Waals surface area contributed by atoms with E-state index in [-0.39, 0.29) is 12.3 Å². The number of H-pyrrole nitrogens is 1. The zero-order chi connectivity index (χ0) is 17.0. The summed E-state index contributed by atoms with van der Waals surface area (Å²) in [6, 6.07) is 19.0. The molecule has 0 amide bonds. The molecule has 1 aromatic heterocycles. The van der Waals surface area contributed by atoms with E-state index in [0.29, 0.717) is 5.82 Å². The van der Waals surface area contributed by atoms with Crippen molar-refractivity contribution in [2.24, 2.45) is 0 Å². The molecule has 0 bridgehead atoms. The Labute approximate surface area is 142 Å². The largest absolute Gasteiger partial charge is 0.341 e. The minimum absolute atomic E-state index is 0.0173. The van der Waals surface area contributed by atoms with Crippen molar-refractivity contribution in [3.63, 3.8) is 0 Å². The Kier molecular flexibility index (Phi) is 4.78. The Balaban J connectivity index is 1.70. The molecule has 0 atom stereocenters. The standard InChI is InChI=1S/C18H19N3O2S/c1-21(24(22,23)14-15-8-4-2-5-9-15)13-18-19-12-17(20-18)16-10-6-3-7-11-16/h2-12H,13-14H2,1H3,(H,19,20). The second kappa shape index (κ2) is 6.98. The number of aromatic amines is 1. The lowest BCUT2D eigenvalue weighted by atomic mass is 10.2. The van der Waals surface area contributed by atoms with Gasteiger partial charge in [-0.25, -0.2) is 13.4 Å². The normalized spacial score (nSPS) is 11.8. The number of hydrogen-bond acceptors (Lipinski definition) is 3. The first kappa shape index (κ1) is 16.4. The van der Waals surface area contributed by atoms with Crippen LogP contribution in [-0.2, 0) is 22.3 Å². The number of rotatable bonds is 6. The highest BCUT2D eigenvalue weighted by Gasteiger charge is 2.20. The summed E-state index contributed by atoms with van der Waals surface area (Å²) in [5.74, 6) is 0.601. The van der Waals surface area contributed by atoms with E-state index in [4.69, 9.17) is 0 Å². The van der Waals surface area contributed by atoms with Gasteiger partial charge in [-0.3, -0.25) is 0 Å². The molecule has 0 spiro atoms. The van der Waals surface area contributed by atoms with E-state index in [2.05, 4.69) is 9.97 Å². The molecule has 1 heterocycles. The Morgan fingerprint density at radius 3 is 2.29 bits per heavy atom. The van der Waals surface area contributed by atoms with Crippen LogP contribution < -0.4 is 0 Å². The van der Waals surface area contributed by atoms with E-state index in [1.165, 1.54) is 4.31 Å². The molecule has 6 heteroatoms. The van der Waals surface area contributed by atoms with Crippen molar-refractivity contribution in [1.82, 2.24) is 14.3 Å². The summed E-state index contributed by atoms with van der Waals surface area (Å²) in [6.07, 6.45) is 1.72. The van der Waals surface area contributed by atoms with E-state index in [0.717, 1.165) is 16.8 Å². The number of nitrogens with one attached hydrogen (secondary N) is 1. The van der Waals surface area contributed by atoms with Crippen molar-refractivity contribution < 1.29 is 8.42 Å². The molecule has 124 valence electrons. The lowest BCUT2D eigenvalue weighted by molar-refractivity contribution is 0.457. The minimum Gasteiger partial charge on any atom is -0.341 e. The third kappa shape index (κ3) is 3.90. The monoisotopic (exact) mass is 341 g/mol. The van der Waals surface area contributed by atoms with Gasteiger partial charge in [-0.1, -0.05) is 60.7 Å². The molecule has 0 saturated carbocycles. The van der Waals surface area contributed by atoms with Crippen LogP contribution in [0.2, 0.25) is 0 Å². The van der Waals surface area contributed by atoms with Gasteiger partial charge in [-0.05, 0) is 11.1 Å². The lowest BCUT2D eigenvalue weighted by Gasteiger charge is -2.16. The molecule has 0 unspecified atom stereocenters. The van der Waals surface area contributed by atoms with Gasteiger partial charge in [0.1, 0.15) is 5.82 Å². The summed E-state index contributed by atoms with van der Waals surface area (Å²) in [6.45, 7) is 0.210. The van der Waals surface area contributed by atoms with Crippen LogP contribution in [0.1, 0.15) is 11.4 Å². The molecule has 0 saturated heterocycles. The van der Waals surface area contributed by atoms with Gasteiger partial charge in [0.25, 0.3) is 0 Å². The van der Waals surface area contributed by atoms with Crippen LogP contribution in [0.25, 0.3) is 11.3 Å². The lowest BCUT2D eigenvalue weighted by Crippen LogP contribution is -2.28.